The van der Waals surface area contributed by atoms with Gasteiger partial charge in [-0.15, -0.1) is 11.6 Å². The summed E-state index contributed by atoms with van der Waals surface area (Å²) in [6.07, 6.45) is -3.49. The Morgan fingerprint density at radius 3 is 2.74 bits per heavy atom. The van der Waals surface area contributed by atoms with Crippen molar-refractivity contribution < 1.29 is 22.7 Å². The second kappa shape index (κ2) is 12.7. The maximum atomic E-state index is 12.5. The Labute approximate surface area is 205 Å². The van der Waals surface area contributed by atoms with Gasteiger partial charge in [0.25, 0.3) is 0 Å². The summed E-state index contributed by atoms with van der Waals surface area (Å²) in [4.78, 5) is 22.5. The predicted octanol–water partition coefficient (Wildman–Crippen LogP) is 4.84. The van der Waals surface area contributed by atoms with Crippen LogP contribution in [0.1, 0.15) is 49.6 Å². The second-order valence-corrected chi connectivity index (χ2v) is 7.99. The molecule has 1 aromatic rings. The van der Waals surface area contributed by atoms with Gasteiger partial charge in [-0.3, -0.25) is 0 Å². The Bertz CT molecular complexity index is 992. The third-order valence-corrected chi connectivity index (χ3v) is 5.31. The summed E-state index contributed by atoms with van der Waals surface area (Å²) in [6.45, 7) is 2.09. The lowest BCUT2D eigenvalue weighted by Crippen LogP contribution is -2.36. The zero-order valence-electron chi connectivity index (χ0n) is 18.5. The van der Waals surface area contributed by atoms with Crippen LogP contribution < -0.4 is 11.1 Å². The lowest BCUT2D eigenvalue weighted by atomic mass is 10.0. The molecule has 34 heavy (non-hydrogen) atoms. The normalized spacial score (nSPS) is 14.4. The molecule has 3 N–H and O–H groups in total. The van der Waals surface area contributed by atoms with Crippen LogP contribution in [0.5, 0.6) is 0 Å². The van der Waals surface area contributed by atoms with Crippen LogP contribution in [0.25, 0.3) is 5.57 Å². The van der Waals surface area contributed by atoms with Crippen molar-refractivity contribution in [3.63, 3.8) is 0 Å². The number of carbonyl (C=O) groups is 1. The number of fused-ring (bicyclic) bond motifs is 1. The number of anilines is 1. The van der Waals surface area contributed by atoms with Gasteiger partial charge >= 0.3 is 12.2 Å². The number of hydrogen-bond donors (Lipinski definition) is 2. The number of alkyl halides is 4. The van der Waals surface area contributed by atoms with Crippen LogP contribution in [0.3, 0.4) is 0 Å². The molecule has 0 bridgehead atoms. The summed E-state index contributed by atoms with van der Waals surface area (Å²) in [5.74, 6) is 0.343. The molecule has 0 spiro atoms. The molecule has 8 nitrogen and oxygen atoms in total. The van der Waals surface area contributed by atoms with E-state index in [0.29, 0.717) is 34.7 Å². The number of nitrogens with zero attached hydrogens (tertiary/aromatic N) is 4. The van der Waals surface area contributed by atoms with Gasteiger partial charge in [0.05, 0.1) is 54.2 Å². The molecule has 0 fully saturated rings. The van der Waals surface area contributed by atoms with E-state index < -0.39 is 12.6 Å². The van der Waals surface area contributed by atoms with Crippen LogP contribution in [0.2, 0.25) is 0 Å². The van der Waals surface area contributed by atoms with Crippen LogP contribution in [-0.4, -0.2) is 46.1 Å². The highest BCUT2D eigenvalue weighted by molar-refractivity contribution is 6.37. The van der Waals surface area contributed by atoms with Gasteiger partial charge < -0.3 is 20.7 Å². The number of nitrogen functional groups attached to an aromatic ring is 1. The number of amides is 2. The molecule has 2 heterocycles. The van der Waals surface area contributed by atoms with Crippen molar-refractivity contribution in [1.82, 2.24) is 20.2 Å². The molecule has 0 unspecified atom stereocenters. The number of allylic oxidation sites excluding steroid dienone is 4. The minimum atomic E-state index is -4.28. The zero-order valence-corrected chi connectivity index (χ0v) is 20.0. The fraction of sp³-hybridized carbons (Fsp3) is 0.524. The van der Waals surface area contributed by atoms with Crippen LogP contribution in [0.4, 0.5) is 23.9 Å². The number of nitrogens with one attached hydrogen (secondary N) is 1. The molecule has 0 atom stereocenters. The lowest BCUT2D eigenvalue weighted by molar-refractivity contribution is -0.137. The molecule has 0 aliphatic carbocycles. The molecule has 0 radical (unpaired) electrons. The summed E-state index contributed by atoms with van der Waals surface area (Å²) < 4.78 is 43.2. The van der Waals surface area contributed by atoms with Crippen molar-refractivity contribution in [3.8, 4) is 6.07 Å². The molecular weight excluding hydrogens is 496 g/mol. The Morgan fingerprint density at radius 2 is 2.12 bits per heavy atom. The maximum Gasteiger partial charge on any atom is 0.389 e. The molecule has 2 rings (SSSR count). The van der Waals surface area contributed by atoms with E-state index in [4.69, 9.17) is 38.9 Å². The van der Waals surface area contributed by atoms with Crippen molar-refractivity contribution in [2.75, 3.05) is 24.8 Å². The molecule has 1 aromatic heterocycles. The van der Waals surface area contributed by atoms with Gasteiger partial charge in [-0.2, -0.15) is 18.4 Å². The maximum absolute atomic E-state index is 12.5. The third kappa shape index (κ3) is 7.67. The predicted molar refractivity (Wildman–Crippen MR) is 122 cm³/mol. The molecule has 186 valence electrons. The van der Waals surface area contributed by atoms with Crippen LogP contribution >= 0.6 is 23.2 Å². The summed E-state index contributed by atoms with van der Waals surface area (Å²) in [5.41, 5.74) is 7.69. The quantitative estimate of drug-likeness (QED) is 0.197. The van der Waals surface area contributed by atoms with E-state index in [1.807, 2.05) is 6.07 Å². The first kappa shape index (κ1) is 27.5. The van der Waals surface area contributed by atoms with Gasteiger partial charge in [-0.1, -0.05) is 24.6 Å². The summed E-state index contributed by atoms with van der Waals surface area (Å²) in [7, 11) is 0. The number of halogens is 5. The molecular formula is C21H25Cl2F3N6O2. The number of ether oxygens (including phenoxy) is 1. The summed E-state index contributed by atoms with van der Waals surface area (Å²) >= 11 is 12.3. The highest BCUT2D eigenvalue weighted by atomic mass is 35.5. The molecule has 13 heteroatoms. The van der Waals surface area contributed by atoms with E-state index in [1.165, 1.54) is 11.0 Å². The van der Waals surface area contributed by atoms with Crippen molar-refractivity contribution in [2.45, 2.75) is 51.9 Å². The zero-order chi connectivity index (χ0) is 25.3. The number of aromatic nitrogens is 2. The van der Waals surface area contributed by atoms with Crippen molar-refractivity contribution in [1.29, 1.82) is 5.26 Å². The number of carbonyl (C=O) groups excluding carboxylic acids is 1. The van der Waals surface area contributed by atoms with E-state index >= 15 is 0 Å². The SMILES string of the molecule is CC/C(OCCCC(F)(F)F)=C(\C(Cl)=C/CCl)c1nc(N)nc2c1CN(C(=O)NCCC#N)C2. The smallest absolute Gasteiger partial charge is 0.389 e. The Kier molecular flexibility index (Phi) is 10.3. The van der Waals surface area contributed by atoms with Gasteiger partial charge in [0.1, 0.15) is 5.76 Å². The van der Waals surface area contributed by atoms with Crippen molar-refractivity contribution >= 4 is 40.8 Å². The van der Waals surface area contributed by atoms with Crippen LogP contribution in [-0.2, 0) is 17.8 Å². The minimum Gasteiger partial charge on any atom is -0.497 e. The van der Waals surface area contributed by atoms with Crippen molar-refractivity contribution in [3.05, 3.63) is 33.8 Å². The topological polar surface area (TPSA) is 117 Å². The average Bonchev–Trinajstić information content (AvgIpc) is 3.19. The monoisotopic (exact) mass is 520 g/mol. The first-order valence-corrected chi connectivity index (χ1v) is 11.4. The van der Waals surface area contributed by atoms with E-state index in [-0.39, 0.29) is 62.0 Å². The van der Waals surface area contributed by atoms with Crippen molar-refractivity contribution in [2.24, 2.45) is 0 Å². The minimum absolute atomic E-state index is 0.0548. The first-order valence-electron chi connectivity index (χ1n) is 10.5. The third-order valence-electron chi connectivity index (χ3n) is 4.81. The molecule has 0 aromatic carbocycles. The number of nitriles is 1. The van der Waals surface area contributed by atoms with Gasteiger partial charge in [0.2, 0.25) is 5.95 Å². The van der Waals surface area contributed by atoms with E-state index in [9.17, 15) is 18.0 Å². The summed E-state index contributed by atoms with van der Waals surface area (Å²) in [6, 6.07) is 1.56. The van der Waals surface area contributed by atoms with Crippen LogP contribution in [0.15, 0.2) is 16.9 Å². The standard InChI is InChI=1S/C21H25Cl2F3N6O2/c1-2-16(34-10-3-6-21(24,25)26)17(14(23)5-7-22)18-13-11-32(20(33)29-9-4-8-27)12-15(13)30-19(28)31-18/h5H,2-4,6-7,9-12H2,1H3,(H,29,33)(H2,28,30,31)/b14-5+,17-16-. The summed E-state index contributed by atoms with van der Waals surface area (Å²) in [5, 5.41) is 11.5. The Balaban J connectivity index is 2.42. The fourth-order valence-corrected chi connectivity index (χ4v) is 3.83. The Hall–Kier alpha value is -2.71. The highest BCUT2D eigenvalue weighted by Crippen LogP contribution is 2.37. The van der Waals surface area contributed by atoms with E-state index in [2.05, 4.69) is 15.3 Å². The lowest BCUT2D eigenvalue weighted by Gasteiger charge is -2.18. The number of hydrogen-bond acceptors (Lipinski definition) is 6. The first-order chi connectivity index (χ1) is 16.1. The molecule has 1 aliphatic rings. The van der Waals surface area contributed by atoms with Gasteiger partial charge in [0, 0.05) is 30.8 Å². The van der Waals surface area contributed by atoms with Gasteiger partial charge in [-0.05, 0) is 6.42 Å². The second-order valence-electron chi connectivity index (χ2n) is 7.28. The number of urea groups is 1. The van der Waals surface area contributed by atoms with Gasteiger partial charge in [-0.25, -0.2) is 14.8 Å². The number of nitrogens with two attached hydrogens (primary N) is 1. The average molecular weight is 521 g/mol. The molecule has 0 saturated carbocycles. The van der Waals surface area contributed by atoms with E-state index in [1.54, 1.807) is 6.92 Å². The highest BCUT2D eigenvalue weighted by Gasteiger charge is 2.31. The van der Waals surface area contributed by atoms with Gasteiger partial charge in [0.15, 0.2) is 0 Å². The molecule has 0 saturated heterocycles. The van der Waals surface area contributed by atoms with Crippen LogP contribution in [0, 0.1) is 11.3 Å². The number of rotatable bonds is 10. The molecule has 2 amide bonds. The van der Waals surface area contributed by atoms with E-state index in [0.717, 1.165) is 0 Å². The Morgan fingerprint density at radius 1 is 1.38 bits per heavy atom. The largest absolute Gasteiger partial charge is 0.497 e. The fourth-order valence-electron chi connectivity index (χ4n) is 3.33. The molecule has 1 aliphatic heterocycles.